The standard InChI is InChI=1S/C36H27N3/c1-2-12-29-26(11-1)23-27-19-20-28(39-35-17-5-3-13-30(35)31-14-4-6-18-36(31)39)24-32(27)34-16-8-10-22-38(34)25-37-21-9-7-15-33(29)37/h1-22,24H,23,25H2/q+2. The number of rotatable bonds is 1. The fourth-order valence-electron chi connectivity index (χ4n) is 6.28. The first-order valence-corrected chi connectivity index (χ1v) is 13.5. The lowest BCUT2D eigenvalue weighted by Crippen LogP contribution is -2.53. The summed E-state index contributed by atoms with van der Waals surface area (Å²) in [6, 6.07) is 46.3. The van der Waals surface area contributed by atoms with E-state index in [-0.39, 0.29) is 0 Å². The largest absolute Gasteiger partial charge is 0.344 e. The summed E-state index contributed by atoms with van der Waals surface area (Å²) in [7, 11) is 0. The second-order valence-corrected chi connectivity index (χ2v) is 10.3. The third-order valence-corrected chi connectivity index (χ3v) is 8.07. The molecule has 0 unspecified atom stereocenters. The van der Waals surface area contributed by atoms with Gasteiger partial charge in [0, 0.05) is 46.3 Å². The highest BCUT2D eigenvalue weighted by atomic mass is 15.1. The van der Waals surface area contributed by atoms with E-state index in [9.17, 15) is 0 Å². The second-order valence-electron chi connectivity index (χ2n) is 10.3. The highest BCUT2D eigenvalue weighted by Gasteiger charge is 2.26. The normalized spacial score (nSPS) is 12.4. The van der Waals surface area contributed by atoms with Gasteiger partial charge in [-0.05, 0) is 60.0 Å². The van der Waals surface area contributed by atoms with Crippen LogP contribution in [-0.2, 0) is 13.1 Å². The number of nitrogens with zero attached hydrogens (tertiary/aromatic N) is 3. The molecule has 0 saturated carbocycles. The molecule has 3 nitrogen and oxygen atoms in total. The van der Waals surface area contributed by atoms with Gasteiger partial charge in [-0.3, -0.25) is 0 Å². The molecule has 0 spiro atoms. The Labute approximate surface area is 227 Å². The van der Waals surface area contributed by atoms with Crippen molar-refractivity contribution in [1.82, 2.24) is 4.57 Å². The molecule has 4 aromatic carbocycles. The molecule has 3 aromatic heterocycles. The van der Waals surface area contributed by atoms with Gasteiger partial charge < -0.3 is 4.57 Å². The van der Waals surface area contributed by atoms with E-state index in [0.29, 0.717) is 0 Å². The molecule has 0 saturated heterocycles. The van der Waals surface area contributed by atoms with E-state index >= 15 is 0 Å². The molecule has 8 rings (SSSR count). The minimum atomic E-state index is 0.736. The second kappa shape index (κ2) is 8.78. The topological polar surface area (TPSA) is 12.7 Å². The van der Waals surface area contributed by atoms with E-state index in [1.807, 2.05) is 0 Å². The van der Waals surface area contributed by atoms with E-state index in [1.165, 1.54) is 61.1 Å². The van der Waals surface area contributed by atoms with Crippen molar-refractivity contribution >= 4 is 21.8 Å². The minimum Gasteiger partial charge on any atom is -0.309 e. The number of benzene rings is 4. The van der Waals surface area contributed by atoms with E-state index in [1.54, 1.807) is 0 Å². The van der Waals surface area contributed by atoms with Gasteiger partial charge in [-0.1, -0.05) is 60.7 Å². The molecule has 184 valence electrons. The van der Waals surface area contributed by atoms with Crippen molar-refractivity contribution in [3.05, 3.63) is 151 Å². The summed E-state index contributed by atoms with van der Waals surface area (Å²) in [5.41, 5.74) is 11.3. The molecule has 0 fully saturated rings. The van der Waals surface area contributed by atoms with Crippen molar-refractivity contribution in [3.8, 4) is 28.2 Å². The molecule has 0 atom stereocenters. The molecule has 0 amide bonds. The van der Waals surface area contributed by atoms with Crippen LogP contribution in [0.5, 0.6) is 0 Å². The van der Waals surface area contributed by atoms with Gasteiger partial charge in [-0.25, -0.2) is 0 Å². The van der Waals surface area contributed by atoms with E-state index in [4.69, 9.17) is 0 Å². The van der Waals surface area contributed by atoms with Gasteiger partial charge in [-0.15, -0.1) is 9.13 Å². The number of fused-ring (bicyclic) bond motifs is 9. The Morgan fingerprint density at radius 2 is 1.05 bits per heavy atom. The summed E-state index contributed by atoms with van der Waals surface area (Å²) in [4.78, 5) is 0. The first-order valence-electron chi connectivity index (χ1n) is 13.5. The van der Waals surface area contributed by atoms with Crippen LogP contribution in [0.15, 0.2) is 140 Å². The Balaban J connectivity index is 1.41. The lowest BCUT2D eigenvalue weighted by molar-refractivity contribution is -0.903. The number of pyridine rings is 2. The van der Waals surface area contributed by atoms with E-state index in [2.05, 4.69) is 153 Å². The van der Waals surface area contributed by atoms with Crippen molar-refractivity contribution < 1.29 is 9.13 Å². The molecular formula is C36H27N3+2. The third-order valence-electron chi connectivity index (χ3n) is 8.07. The number of para-hydroxylation sites is 2. The van der Waals surface area contributed by atoms with Crippen LogP contribution in [0.25, 0.3) is 50.0 Å². The fraction of sp³-hybridized carbons (Fsp3) is 0.0556. The van der Waals surface area contributed by atoms with E-state index in [0.717, 1.165) is 13.1 Å². The van der Waals surface area contributed by atoms with Gasteiger partial charge in [0.25, 0.3) is 0 Å². The first kappa shape index (κ1) is 22.0. The zero-order valence-corrected chi connectivity index (χ0v) is 21.5. The number of aromatic nitrogens is 3. The van der Waals surface area contributed by atoms with Crippen LogP contribution >= 0.6 is 0 Å². The lowest BCUT2D eigenvalue weighted by Gasteiger charge is -2.16. The van der Waals surface area contributed by atoms with Crippen molar-refractivity contribution in [2.24, 2.45) is 0 Å². The Kier molecular flexibility index (Phi) is 4.95. The molecule has 39 heavy (non-hydrogen) atoms. The first-order chi connectivity index (χ1) is 19.3. The maximum absolute atomic E-state index is 2.41. The zero-order valence-electron chi connectivity index (χ0n) is 21.5. The molecule has 1 aliphatic rings. The molecule has 4 heterocycles. The molecule has 0 aliphatic carbocycles. The fourth-order valence-corrected chi connectivity index (χ4v) is 6.28. The highest BCUT2D eigenvalue weighted by Crippen LogP contribution is 2.35. The molecule has 7 aromatic rings. The Bertz CT molecular complexity index is 1980. The van der Waals surface area contributed by atoms with Crippen LogP contribution in [0.2, 0.25) is 0 Å². The van der Waals surface area contributed by atoms with Gasteiger partial charge >= 0.3 is 6.67 Å². The Morgan fingerprint density at radius 1 is 0.487 bits per heavy atom. The van der Waals surface area contributed by atoms with Crippen LogP contribution in [0, 0.1) is 0 Å². The smallest absolute Gasteiger partial charge is 0.309 e. The lowest BCUT2D eigenvalue weighted by atomic mass is 9.92. The minimum absolute atomic E-state index is 0.736. The van der Waals surface area contributed by atoms with Crippen LogP contribution in [0.4, 0.5) is 0 Å². The number of hydrogen-bond donors (Lipinski definition) is 0. The van der Waals surface area contributed by atoms with Gasteiger partial charge in [0.2, 0.25) is 11.4 Å². The maximum atomic E-state index is 2.41. The summed E-state index contributed by atoms with van der Waals surface area (Å²) in [5.74, 6) is 0. The molecular weight excluding hydrogens is 474 g/mol. The predicted octanol–water partition coefficient (Wildman–Crippen LogP) is 7.10. The van der Waals surface area contributed by atoms with Crippen molar-refractivity contribution in [3.63, 3.8) is 0 Å². The molecule has 0 N–H and O–H groups in total. The predicted molar refractivity (Wildman–Crippen MR) is 157 cm³/mol. The molecule has 0 bridgehead atoms. The van der Waals surface area contributed by atoms with Crippen LogP contribution < -0.4 is 9.13 Å². The maximum Gasteiger partial charge on any atom is 0.344 e. The summed E-state index contributed by atoms with van der Waals surface area (Å²) in [5, 5.41) is 2.56. The summed E-state index contributed by atoms with van der Waals surface area (Å²) >= 11 is 0. The van der Waals surface area contributed by atoms with Crippen LogP contribution in [-0.4, -0.2) is 4.57 Å². The van der Waals surface area contributed by atoms with Gasteiger partial charge in [0.05, 0.1) is 16.6 Å². The Morgan fingerprint density at radius 3 is 1.77 bits per heavy atom. The highest BCUT2D eigenvalue weighted by molar-refractivity contribution is 6.09. The van der Waals surface area contributed by atoms with Gasteiger partial charge in [0.15, 0.2) is 12.4 Å². The summed E-state index contributed by atoms with van der Waals surface area (Å²) < 4.78 is 7.13. The van der Waals surface area contributed by atoms with Gasteiger partial charge in [0.1, 0.15) is 0 Å². The number of hydrogen-bond acceptors (Lipinski definition) is 0. The third kappa shape index (κ3) is 3.51. The van der Waals surface area contributed by atoms with E-state index < -0.39 is 0 Å². The van der Waals surface area contributed by atoms with Gasteiger partial charge in [-0.2, -0.15) is 0 Å². The molecule has 1 aliphatic heterocycles. The summed E-state index contributed by atoms with van der Waals surface area (Å²) in [6.07, 6.45) is 5.25. The summed E-state index contributed by atoms with van der Waals surface area (Å²) in [6.45, 7) is 0.736. The van der Waals surface area contributed by atoms with Crippen molar-refractivity contribution in [2.75, 3.05) is 0 Å². The monoisotopic (exact) mass is 501 g/mol. The SMILES string of the molecule is c1ccc2c(c1)Cc1ccc(-n3c4ccccc4c4ccccc43)cc1-c1cccc[n+]1C[n+]1ccccc1-2. The molecule has 3 heteroatoms. The van der Waals surface area contributed by atoms with Crippen molar-refractivity contribution in [2.45, 2.75) is 13.1 Å². The quantitative estimate of drug-likeness (QED) is 0.213. The van der Waals surface area contributed by atoms with Crippen molar-refractivity contribution in [1.29, 1.82) is 0 Å². The molecule has 0 radical (unpaired) electrons. The average Bonchev–Trinajstić information content (AvgIpc) is 3.33. The average molecular weight is 502 g/mol. The van der Waals surface area contributed by atoms with Crippen LogP contribution in [0.3, 0.4) is 0 Å². The zero-order chi connectivity index (χ0) is 25.8. The Hall–Kier alpha value is -5.02. The van der Waals surface area contributed by atoms with Crippen LogP contribution in [0.1, 0.15) is 11.1 Å².